The van der Waals surface area contributed by atoms with E-state index in [1.54, 1.807) is 0 Å². The first-order chi connectivity index (χ1) is 11.7. The molecule has 2 aliphatic rings. The van der Waals surface area contributed by atoms with Gasteiger partial charge in [0.1, 0.15) is 31.0 Å². The number of hydrogen-bond acceptors (Lipinski definition) is 11. The molecule has 0 bridgehead atoms. The molecule has 2 saturated heterocycles. The van der Waals surface area contributed by atoms with Crippen LogP contribution in [0.5, 0.6) is 0 Å². The van der Waals surface area contributed by atoms with E-state index in [2.05, 4.69) is 0 Å². The molecule has 148 valence electrons. The number of rotatable bonds is 6. The Morgan fingerprint density at radius 1 is 1.00 bits per heavy atom. The van der Waals surface area contributed by atoms with E-state index in [1.165, 1.54) is 7.11 Å². The number of hydrogen-bond donors (Lipinski definition) is 8. The molecular weight excluding hydrogens is 346 g/mol. The Morgan fingerprint density at radius 3 is 2.04 bits per heavy atom. The predicted molar refractivity (Wildman–Crippen MR) is 77.6 cm³/mol. The van der Waals surface area contributed by atoms with Gasteiger partial charge >= 0.3 is 0 Å². The number of ether oxygens (including phenoxy) is 3. The largest absolute Gasteiger partial charge is 0.394 e. The van der Waals surface area contributed by atoms with Crippen LogP contribution in [0, 0.1) is 0 Å². The van der Waals surface area contributed by atoms with Crippen molar-refractivity contribution in [2.45, 2.75) is 54.8 Å². The van der Waals surface area contributed by atoms with E-state index in [9.17, 15) is 30.6 Å². The van der Waals surface area contributed by atoms with E-state index in [0.29, 0.717) is 0 Å². The second-order valence-electron chi connectivity index (χ2n) is 6.14. The van der Waals surface area contributed by atoms with Crippen LogP contribution in [0.15, 0.2) is 0 Å². The van der Waals surface area contributed by atoms with Gasteiger partial charge in [0.2, 0.25) is 11.9 Å². The minimum absolute atomic E-state index is 0.629. The zero-order valence-corrected chi connectivity index (χ0v) is 13.6. The highest BCUT2D eigenvalue weighted by molar-refractivity contribution is 4.98. The van der Waals surface area contributed by atoms with Gasteiger partial charge in [0.15, 0.2) is 25.6 Å². The lowest BCUT2D eigenvalue weighted by molar-refractivity contribution is -0.400. The zero-order valence-electron chi connectivity index (χ0n) is 13.6. The number of nitrogens with two attached hydrogens (primary N) is 1. The summed E-state index contributed by atoms with van der Waals surface area (Å²) in [6, 6.07) is 0. The Hall–Kier alpha value is -0.480. The quantitative estimate of drug-likeness (QED) is 0.164. The first-order valence-corrected chi connectivity index (χ1v) is 7.67. The van der Waals surface area contributed by atoms with Crippen LogP contribution in [0.2, 0.25) is 0 Å². The highest BCUT2D eigenvalue weighted by Crippen LogP contribution is 2.36. The molecule has 12 heteroatoms. The summed E-state index contributed by atoms with van der Waals surface area (Å²) in [5, 5.41) is 68.5. The molecule has 0 aromatic rings. The Bertz CT molecular complexity index is 440. The molecule has 0 radical (unpaired) electrons. The highest BCUT2D eigenvalue weighted by atomic mass is 16.8. The zero-order chi connectivity index (χ0) is 18.9. The molecule has 2 heterocycles. The standard InChI is InChI=1S/C13H26NO11/c1-25(14)10-7(18)5(2-15)22-12(9(10)20)24-13(4-17)11(21)8(19)6(3-16)23-13/h5-12,15-21H,2-4,14H2,1H3/q+1/t5-,6-,7-,8-,9-,10+,11+,12-,13-/m1/s1. The molecule has 0 spiro atoms. The van der Waals surface area contributed by atoms with E-state index in [-0.39, 0.29) is 0 Å². The van der Waals surface area contributed by atoms with E-state index in [0.717, 1.165) is 0 Å². The van der Waals surface area contributed by atoms with Crippen molar-refractivity contribution in [2.24, 2.45) is 5.90 Å². The molecule has 0 amide bonds. The van der Waals surface area contributed by atoms with Gasteiger partial charge in [-0.25, -0.2) is 0 Å². The van der Waals surface area contributed by atoms with Crippen molar-refractivity contribution >= 4 is 0 Å². The molecule has 2 fully saturated rings. The lowest BCUT2D eigenvalue weighted by Crippen LogP contribution is -2.65. The van der Waals surface area contributed by atoms with Crippen molar-refractivity contribution in [3.05, 3.63) is 0 Å². The van der Waals surface area contributed by atoms with Crippen molar-refractivity contribution in [2.75, 3.05) is 26.9 Å². The minimum Gasteiger partial charge on any atom is -0.394 e. The maximum atomic E-state index is 10.4. The first-order valence-electron chi connectivity index (χ1n) is 7.67. The first kappa shape index (κ1) is 20.8. The van der Waals surface area contributed by atoms with Crippen molar-refractivity contribution < 1.29 is 54.4 Å². The van der Waals surface area contributed by atoms with Crippen molar-refractivity contribution in [3.63, 3.8) is 0 Å². The van der Waals surface area contributed by atoms with E-state index in [4.69, 9.17) is 25.2 Å². The van der Waals surface area contributed by atoms with Crippen LogP contribution in [0.4, 0.5) is 0 Å². The van der Waals surface area contributed by atoms with Gasteiger partial charge in [0, 0.05) is 0 Å². The molecule has 25 heavy (non-hydrogen) atoms. The fraction of sp³-hybridized carbons (Fsp3) is 1.00. The fourth-order valence-electron chi connectivity index (χ4n) is 3.06. The van der Waals surface area contributed by atoms with Gasteiger partial charge in [-0.2, -0.15) is 0 Å². The third-order valence-electron chi connectivity index (χ3n) is 4.47. The van der Waals surface area contributed by atoms with Crippen LogP contribution in [-0.4, -0.2) is 117 Å². The van der Waals surface area contributed by atoms with Crippen molar-refractivity contribution in [3.8, 4) is 0 Å². The summed E-state index contributed by atoms with van der Waals surface area (Å²) in [7, 11) is 1.29. The van der Waals surface area contributed by atoms with Gasteiger partial charge < -0.3 is 54.4 Å². The third kappa shape index (κ3) is 3.66. The molecule has 12 nitrogen and oxygen atoms in total. The number of aliphatic hydroxyl groups is 7. The molecule has 9 N–H and O–H groups in total. The van der Waals surface area contributed by atoms with Crippen LogP contribution in [0.25, 0.3) is 0 Å². The third-order valence-corrected chi connectivity index (χ3v) is 4.47. The van der Waals surface area contributed by atoms with Gasteiger partial charge in [0.05, 0.1) is 13.2 Å². The summed E-state index contributed by atoms with van der Waals surface area (Å²) in [4.78, 5) is 0. The lowest BCUT2D eigenvalue weighted by atomic mass is 9.98. The summed E-state index contributed by atoms with van der Waals surface area (Å²) in [6.07, 6.45) is -11.5. The monoisotopic (exact) mass is 372 g/mol. The topological polar surface area (TPSA) is 198 Å². The van der Waals surface area contributed by atoms with E-state index < -0.39 is 74.6 Å². The summed E-state index contributed by atoms with van der Waals surface area (Å²) < 4.78 is 17.8. The van der Waals surface area contributed by atoms with Gasteiger partial charge in [-0.3, -0.25) is 0 Å². The smallest absolute Gasteiger partial charge is 0.237 e. The molecule has 0 aliphatic carbocycles. The maximum absolute atomic E-state index is 10.4. The second kappa shape index (κ2) is 8.04. The average Bonchev–Trinajstić information content (AvgIpc) is 2.82. The van der Waals surface area contributed by atoms with E-state index >= 15 is 0 Å². The SMILES string of the molecule is C[O+](N)[C@@H]1[C@@H](O)[C@@H](O[C@@]2(CO)O[C@H](CO)[C@@H](O)[C@@H]2O)O[C@H](CO)[C@H]1O. The summed E-state index contributed by atoms with van der Waals surface area (Å²) in [5.74, 6) is 3.34. The van der Waals surface area contributed by atoms with Crippen molar-refractivity contribution in [1.29, 1.82) is 0 Å². The van der Waals surface area contributed by atoms with Crippen LogP contribution < -0.4 is 5.90 Å². The van der Waals surface area contributed by atoms with Crippen LogP contribution >= 0.6 is 0 Å². The normalized spacial score (nSPS) is 48.2. The fourth-order valence-corrected chi connectivity index (χ4v) is 3.06. The Morgan fingerprint density at radius 2 is 1.60 bits per heavy atom. The van der Waals surface area contributed by atoms with Crippen LogP contribution in [-0.2, 0) is 18.7 Å². The van der Waals surface area contributed by atoms with Crippen LogP contribution in [0.3, 0.4) is 0 Å². The van der Waals surface area contributed by atoms with Gasteiger partial charge in [-0.1, -0.05) is 0 Å². The molecule has 0 aromatic heterocycles. The lowest BCUT2D eigenvalue weighted by Gasteiger charge is -2.43. The number of aliphatic hydroxyl groups excluding tert-OH is 7. The Balaban J connectivity index is 2.24. The molecule has 0 aromatic carbocycles. The molecule has 2 aliphatic heterocycles. The van der Waals surface area contributed by atoms with Gasteiger partial charge in [0.25, 0.3) is 0 Å². The summed E-state index contributed by atoms with van der Waals surface area (Å²) >= 11 is 0. The van der Waals surface area contributed by atoms with Crippen LogP contribution in [0.1, 0.15) is 0 Å². The Labute approximate surface area is 143 Å². The molecule has 9 atom stereocenters. The second-order valence-corrected chi connectivity index (χ2v) is 6.14. The summed E-state index contributed by atoms with van der Waals surface area (Å²) in [5.41, 5.74) is 0. The predicted octanol–water partition coefficient (Wildman–Crippen LogP) is -5.33. The molecule has 2 rings (SSSR count). The van der Waals surface area contributed by atoms with Gasteiger partial charge in [-0.05, 0) is 0 Å². The molecule has 0 saturated carbocycles. The minimum atomic E-state index is -2.19. The highest BCUT2D eigenvalue weighted by Gasteiger charge is 2.59. The molecule has 0 unspecified atom stereocenters. The Kier molecular flexibility index (Phi) is 6.70. The van der Waals surface area contributed by atoms with Crippen molar-refractivity contribution in [1.82, 2.24) is 0 Å². The maximum Gasteiger partial charge on any atom is 0.237 e. The van der Waals surface area contributed by atoms with Gasteiger partial charge in [-0.15, -0.1) is 5.90 Å². The van der Waals surface area contributed by atoms with E-state index in [1.807, 2.05) is 4.47 Å². The summed E-state index contributed by atoms with van der Waals surface area (Å²) in [6.45, 7) is -2.22. The molecular formula is C13H26NO11+. The average molecular weight is 372 g/mol.